The van der Waals surface area contributed by atoms with Gasteiger partial charge in [0.2, 0.25) is 0 Å². The summed E-state index contributed by atoms with van der Waals surface area (Å²) in [6.07, 6.45) is 5.49. The normalized spacial score (nSPS) is 21.0. The fraction of sp³-hybridized carbons (Fsp3) is 0.412. The molecule has 2 heterocycles. The first-order valence-corrected chi connectivity index (χ1v) is 8.14. The van der Waals surface area contributed by atoms with Gasteiger partial charge in [-0.2, -0.15) is 0 Å². The zero-order chi connectivity index (χ0) is 16.2. The maximum Gasteiger partial charge on any atom is 0.287 e. The number of aromatic nitrogens is 1. The van der Waals surface area contributed by atoms with Gasteiger partial charge in [-0.15, -0.1) is 0 Å². The van der Waals surface area contributed by atoms with E-state index in [4.69, 9.17) is 20.8 Å². The van der Waals surface area contributed by atoms with Crippen molar-refractivity contribution in [2.45, 2.75) is 44.8 Å². The Hall–Kier alpha value is -2.01. The summed E-state index contributed by atoms with van der Waals surface area (Å²) in [5.74, 6) is 0.869. The van der Waals surface area contributed by atoms with Crippen molar-refractivity contribution in [3.8, 4) is 5.75 Å². The molecule has 3 rings (SSSR count). The monoisotopic (exact) mass is 334 g/mol. The maximum atomic E-state index is 12.0. The van der Waals surface area contributed by atoms with Gasteiger partial charge in [0.15, 0.2) is 11.0 Å². The van der Waals surface area contributed by atoms with E-state index in [-0.39, 0.29) is 29.0 Å². The number of hydrogen-bond donors (Lipinski definition) is 1. The Labute approximate surface area is 140 Å². The lowest BCUT2D eigenvalue weighted by molar-refractivity contribution is 0.0866. The topological polar surface area (TPSA) is 64.4 Å². The van der Waals surface area contributed by atoms with Crippen LogP contribution in [0.4, 0.5) is 0 Å². The quantitative estimate of drug-likeness (QED) is 0.924. The first kappa shape index (κ1) is 15.9. The van der Waals surface area contributed by atoms with E-state index in [1.807, 2.05) is 19.1 Å². The summed E-state index contributed by atoms with van der Waals surface area (Å²) < 4.78 is 11.1. The Morgan fingerprint density at radius 1 is 1.30 bits per heavy atom. The van der Waals surface area contributed by atoms with E-state index in [1.165, 1.54) is 0 Å². The molecule has 0 saturated heterocycles. The van der Waals surface area contributed by atoms with Crippen LogP contribution in [-0.2, 0) is 0 Å². The summed E-state index contributed by atoms with van der Waals surface area (Å²) >= 11 is 5.69. The van der Waals surface area contributed by atoms with Gasteiger partial charge in [0, 0.05) is 12.2 Å². The first-order chi connectivity index (χ1) is 11.1. The van der Waals surface area contributed by atoms with Crippen molar-refractivity contribution in [1.82, 2.24) is 10.3 Å². The molecule has 5 nitrogen and oxygen atoms in total. The lowest BCUT2D eigenvalue weighted by atomic mass is 9.93. The highest BCUT2D eigenvalue weighted by atomic mass is 35.5. The van der Waals surface area contributed by atoms with Crippen LogP contribution in [0, 0.1) is 6.92 Å². The van der Waals surface area contributed by atoms with Crippen molar-refractivity contribution in [2.75, 3.05) is 0 Å². The summed E-state index contributed by atoms with van der Waals surface area (Å²) in [6, 6.07) is 7.11. The van der Waals surface area contributed by atoms with Crippen LogP contribution in [0.2, 0.25) is 5.22 Å². The minimum atomic E-state index is -0.218. The maximum absolute atomic E-state index is 12.0. The van der Waals surface area contributed by atoms with Crippen LogP contribution in [0.1, 0.15) is 41.9 Å². The molecule has 122 valence electrons. The molecule has 0 spiro atoms. The van der Waals surface area contributed by atoms with Crippen molar-refractivity contribution in [3.05, 3.63) is 47.1 Å². The number of ether oxygens (including phenoxy) is 1. The van der Waals surface area contributed by atoms with Gasteiger partial charge in [-0.05, 0) is 68.5 Å². The Balaban J connectivity index is 1.49. The average molecular weight is 335 g/mol. The molecular formula is C17H19ClN2O3. The van der Waals surface area contributed by atoms with E-state index >= 15 is 0 Å². The molecule has 1 fully saturated rings. The van der Waals surface area contributed by atoms with Crippen molar-refractivity contribution in [2.24, 2.45) is 0 Å². The molecular weight excluding hydrogens is 316 g/mol. The molecule has 0 unspecified atom stereocenters. The second kappa shape index (κ2) is 7.04. The molecule has 2 aromatic heterocycles. The number of hydrogen-bond acceptors (Lipinski definition) is 4. The summed E-state index contributed by atoms with van der Waals surface area (Å²) in [5, 5.41) is 3.21. The van der Waals surface area contributed by atoms with Gasteiger partial charge >= 0.3 is 0 Å². The molecule has 0 aromatic carbocycles. The molecule has 0 radical (unpaired) electrons. The van der Waals surface area contributed by atoms with Crippen LogP contribution in [0.3, 0.4) is 0 Å². The van der Waals surface area contributed by atoms with Crippen LogP contribution < -0.4 is 10.1 Å². The number of amides is 1. The molecule has 2 aromatic rings. The van der Waals surface area contributed by atoms with Crippen molar-refractivity contribution >= 4 is 17.5 Å². The number of nitrogens with one attached hydrogen (secondary N) is 1. The number of furan rings is 1. The third-order valence-corrected chi connectivity index (χ3v) is 4.26. The van der Waals surface area contributed by atoms with E-state index in [0.717, 1.165) is 37.1 Å². The second-order valence-electron chi connectivity index (χ2n) is 5.76. The number of rotatable bonds is 4. The lowest BCUT2D eigenvalue weighted by Gasteiger charge is -2.29. The lowest BCUT2D eigenvalue weighted by Crippen LogP contribution is -2.39. The van der Waals surface area contributed by atoms with Crippen LogP contribution in [-0.4, -0.2) is 23.0 Å². The standard InChI is InChI=1S/C17H19ClN2O3/c1-11-14(3-2-10-19-11)22-13-6-4-12(5-7-13)20-17(21)15-8-9-16(18)23-15/h2-3,8-10,12-13H,4-7H2,1H3,(H,20,21). The summed E-state index contributed by atoms with van der Waals surface area (Å²) in [5.41, 5.74) is 0.901. The van der Waals surface area contributed by atoms with Crippen LogP contribution in [0.25, 0.3) is 0 Å². The van der Waals surface area contributed by atoms with Crippen LogP contribution in [0.15, 0.2) is 34.9 Å². The van der Waals surface area contributed by atoms with Gasteiger partial charge in [0.25, 0.3) is 5.91 Å². The van der Waals surface area contributed by atoms with Gasteiger partial charge in [-0.1, -0.05) is 0 Å². The molecule has 0 bridgehead atoms. The smallest absolute Gasteiger partial charge is 0.287 e. The highest BCUT2D eigenvalue weighted by Crippen LogP contribution is 2.25. The number of nitrogens with zero attached hydrogens (tertiary/aromatic N) is 1. The predicted molar refractivity (Wildman–Crippen MR) is 86.8 cm³/mol. The largest absolute Gasteiger partial charge is 0.489 e. The fourth-order valence-electron chi connectivity index (χ4n) is 2.79. The first-order valence-electron chi connectivity index (χ1n) is 7.76. The molecule has 6 heteroatoms. The third-order valence-electron chi connectivity index (χ3n) is 4.06. The number of carbonyl (C=O) groups is 1. The second-order valence-corrected chi connectivity index (χ2v) is 6.13. The van der Waals surface area contributed by atoms with Crippen molar-refractivity contribution in [1.29, 1.82) is 0 Å². The summed E-state index contributed by atoms with van der Waals surface area (Å²) in [4.78, 5) is 16.3. The van der Waals surface area contributed by atoms with Gasteiger partial charge in [0.1, 0.15) is 5.75 Å². The van der Waals surface area contributed by atoms with Gasteiger partial charge in [-0.25, -0.2) is 0 Å². The summed E-state index contributed by atoms with van der Waals surface area (Å²) in [7, 11) is 0. The molecule has 1 aliphatic rings. The van der Waals surface area contributed by atoms with Crippen molar-refractivity contribution < 1.29 is 13.9 Å². The Morgan fingerprint density at radius 2 is 2.09 bits per heavy atom. The highest BCUT2D eigenvalue weighted by Gasteiger charge is 2.25. The zero-order valence-electron chi connectivity index (χ0n) is 12.9. The minimum Gasteiger partial charge on any atom is -0.489 e. The third kappa shape index (κ3) is 4.05. The van der Waals surface area contributed by atoms with E-state index in [9.17, 15) is 4.79 Å². The number of pyridine rings is 1. The SMILES string of the molecule is Cc1ncccc1OC1CCC(NC(=O)c2ccc(Cl)o2)CC1. The minimum absolute atomic E-state index is 0.140. The van der Waals surface area contributed by atoms with Gasteiger partial charge in [-0.3, -0.25) is 9.78 Å². The molecule has 1 N–H and O–H groups in total. The van der Waals surface area contributed by atoms with E-state index < -0.39 is 0 Å². The molecule has 1 amide bonds. The number of halogens is 1. The van der Waals surface area contributed by atoms with E-state index in [1.54, 1.807) is 18.3 Å². The Kier molecular flexibility index (Phi) is 4.86. The average Bonchev–Trinajstić information content (AvgIpc) is 2.98. The van der Waals surface area contributed by atoms with Gasteiger partial charge < -0.3 is 14.5 Å². The molecule has 1 aliphatic carbocycles. The Bertz CT molecular complexity index is 678. The van der Waals surface area contributed by atoms with Crippen LogP contribution in [0.5, 0.6) is 5.75 Å². The van der Waals surface area contributed by atoms with Crippen LogP contribution >= 0.6 is 11.6 Å². The fourth-order valence-corrected chi connectivity index (χ4v) is 2.94. The number of aryl methyl sites for hydroxylation is 1. The van der Waals surface area contributed by atoms with E-state index in [0.29, 0.717) is 0 Å². The van der Waals surface area contributed by atoms with Crippen molar-refractivity contribution in [3.63, 3.8) is 0 Å². The number of carbonyl (C=O) groups excluding carboxylic acids is 1. The van der Waals surface area contributed by atoms with E-state index in [2.05, 4.69) is 10.3 Å². The molecule has 1 saturated carbocycles. The molecule has 0 atom stereocenters. The molecule has 23 heavy (non-hydrogen) atoms. The highest BCUT2D eigenvalue weighted by molar-refractivity contribution is 6.29. The summed E-state index contributed by atoms with van der Waals surface area (Å²) in [6.45, 7) is 1.94. The zero-order valence-corrected chi connectivity index (χ0v) is 13.7. The Morgan fingerprint density at radius 3 is 2.74 bits per heavy atom. The van der Waals surface area contributed by atoms with Gasteiger partial charge in [0.05, 0.1) is 11.8 Å². The predicted octanol–water partition coefficient (Wildman–Crippen LogP) is 3.76. The molecule has 0 aliphatic heterocycles.